The van der Waals surface area contributed by atoms with Crippen molar-refractivity contribution in [1.29, 1.82) is 0 Å². The molecule has 2 saturated heterocycles. The smallest absolute Gasteiger partial charge is 0.273 e. The van der Waals surface area contributed by atoms with Crippen molar-refractivity contribution in [3.63, 3.8) is 0 Å². The SMILES string of the molecule is Cl.Cl.O=C(c1csc(-c2ccc3c(c2)OCO3)n1)N1CC[C@@H]2CNC[C@@H]2CC1. The fourth-order valence-electron chi connectivity index (χ4n) is 4.12. The van der Waals surface area contributed by atoms with E-state index in [1.807, 2.05) is 28.5 Å². The number of thiazole rings is 1. The molecule has 0 aliphatic carbocycles. The molecule has 2 atom stereocenters. The Morgan fingerprint density at radius 3 is 2.57 bits per heavy atom. The molecule has 3 aliphatic heterocycles. The van der Waals surface area contributed by atoms with Crippen molar-refractivity contribution >= 4 is 42.1 Å². The summed E-state index contributed by atoms with van der Waals surface area (Å²) in [5.41, 5.74) is 1.50. The Hall–Kier alpha value is -1.54. The molecule has 2 fully saturated rings. The highest BCUT2D eigenvalue weighted by molar-refractivity contribution is 7.13. The number of nitrogens with one attached hydrogen (secondary N) is 1. The average Bonchev–Trinajstić information content (AvgIpc) is 3.39. The number of hydrogen-bond acceptors (Lipinski definition) is 6. The summed E-state index contributed by atoms with van der Waals surface area (Å²) in [7, 11) is 0. The summed E-state index contributed by atoms with van der Waals surface area (Å²) in [5.74, 6) is 2.98. The van der Waals surface area contributed by atoms with Crippen molar-refractivity contribution in [3.05, 3.63) is 29.3 Å². The second-order valence-corrected chi connectivity index (χ2v) is 8.01. The zero-order chi connectivity index (χ0) is 17.5. The summed E-state index contributed by atoms with van der Waals surface area (Å²) >= 11 is 1.50. The zero-order valence-electron chi connectivity index (χ0n) is 15.3. The molecular weight excluding hydrogens is 421 g/mol. The molecule has 4 heterocycles. The van der Waals surface area contributed by atoms with E-state index in [2.05, 4.69) is 10.3 Å². The number of rotatable bonds is 2. The van der Waals surface area contributed by atoms with Crippen LogP contribution in [0.15, 0.2) is 23.6 Å². The normalized spacial score (nSPS) is 22.6. The summed E-state index contributed by atoms with van der Waals surface area (Å²) < 4.78 is 10.8. The number of nitrogens with zero attached hydrogens (tertiary/aromatic N) is 2. The van der Waals surface area contributed by atoms with Crippen molar-refractivity contribution < 1.29 is 14.3 Å². The van der Waals surface area contributed by atoms with Gasteiger partial charge in [0.1, 0.15) is 10.7 Å². The van der Waals surface area contributed by atoms with Gasteiger partial charge in [-0.05, 0) is 56.0 Å². The van der Waals surface area contributed by atoms with E-state index < -0.39 is 0 Å². The lowest BCUT2D eigenvalue weighted by Gasteiger charge is -2.19. The number of carbonyl (C=O) groups excluding carboxylic acids is 1. The Kier molecular flexibility index (Phi) is 6.70. The summed E-state index contributed by atoms with van der Waals surface area (Å²) in [6.45, 7) is 4.11. The fourth-order valence-corrected chi connectivity index (χ4v) is 4.91. The molecule has 9 heteroatoms. The first-order chi connectivity index (χ1) is 12.8. The van der Waals surface area contributed by atoms with Crippen LogP contribution in [0, 0.1) is 11.8 Å². The fraction of sp³-hybridized carbons (Fsp3) is 0.474. The molecule has 152 valence electrons. The Labute approximate surface area is 180 Å². The van der Waals surface area contributed by atoms with E-state index in [0.717, 1.165) is 61.1 Å². The van der Waals surface area contributed by atoms with Gasteiger partial charge in [-0.1, -0.05) is 0 Å². The minimum atomic E-state index is 0. The third-order valence-electron chi connectivity index (χ3n) is 5.65. The van der Waals surface area contributed by atoms with Gasteiger partial charge in [0.2, 0.25) is 6.79 Å². The van der Waals surface area contributed by atoms with Gasteiger partial charge in [0.15, 0.2) is 11.5 Å². The first-order valence-electron chi connectivity index (χ1n) is 9.13. The Bertz CT molecular complexity index is 834. The molecule has 0 bridgehead atoms. The van der Waals surface area contributed by atoms with Gasteiger partial charge in [-0.15, -0.1) is 36.2 Å². The van der Waals surface area contributed by atoms with Crippen LogP contribution < -0.4 is 14.8 Å². The molecule has 0 radical (unpaired) electrons. The lowest BCUT2D eigenvalue weighted by molar-refractivity contribution is 0.0753. The third-order valence-corrected chi connectivity index (χ3v) is 6.54. The number of likely N-dealkylation sites (tertiary alicyclic amines) is 1. The second-order valence-electron chi connectivity index (χ2n) is 7.15. The zero-order valence-corrected chi connectivity index (χ0v) is 17.7. The number of carbonyl (C=O) groups is 1. The topological polar surface area (TPSA) is 63.7 Å². The molecule has 0 spiro atoms. The van der Waals surface area contributed by atoms with Gasteiger partial charge in [0, 0.05) is 24.0 Å². The number of fused-ring (bicyclic) bond motifs is 2. The number of hydrogen-bond donors (Lipinski definition) is 1. The highest BCUT2D eigenvalue weighted by Crippen LogP contribution is 2.37. The van der Waals surface area contributed by atoms with Crippen molar-refractivity contribution in [3.8, 4) is 22.1 Å². The minimum Gasteiger partial charge on any atom is -0.454 e. The average molecular weight is 444 g/mol. The first-order valence-corrected chi connectivity index (χ1v) is 10.0. The predicted molar refractivity (Wildman–Crippen MR) is 113 cm³/mol. The summed E-state index contributed by atoms with van der Waals surface area (Å²) in [4.78, 5) is 19.5. The maximum atomic E-state index is 12.9. The summed E-state index contributed by atoms with van der Waals surface area (Å²) in [5, 5.41) is 6.18. The Morgan fingerprint density at radius 1 is 1.11 bits per heavy atom. The lowest BCUT2D eigenvalue weighted by atomic mass is 9.92. The third kappa shape index (κ3) is 3.94. The van der Waals surface area contributed by atoms with Gasteiger partial charge in [-0.2, -0.15) is 0 Å². The molecule has 5 rings (SSSR count). The van der Waals surface area contributed by atoms with E-state index in [1.54, 1.807) is 0 Å². The molecule has 3 aliphatic rings. The van der Waals surface area contributed by atoms with Gasteiger partial charge < -0.3 is 19.7 Å². The van der Waals surface area contributed by atoms with Gasteiger partial charge >= 0.3 is 0 Å². The molecule has 6 nitrogen and oxygen atoms in total. The number of benzene rings is 1. The minimum absolute atomic E-state index is 0. The van der Waals surface area contributed by atoms with Crippen LogP contribution in [0.4, 0.5) is 0 Å². The van der Waals surface area contributed by atoms with Gasteiger partial charge in [-0.3, -0.25) is 4.79 Å². The number of amides is 1. The van der Waals surface area contributed by atoms with E-state index in [4.69, 9.17) is 9.47 Å². The highest BCUT2D eigenvalue weighted by Gasteiger charge is 2.32. The second kappa shape index (κ2) is 8.86. The lowest BCUT2D eigenvalue weighted by Crippen LogP contribution is -2.33. The maximum Gasteiger partial charge on any atom is 0.273 e. The van der Waals surface area contributed by atoms with Crippen LogP contribution in [0.25, 0.3) is 10.6 Å². The van der Waals surface area contributed by atoms with Crippen molar-refractivity contribution in [2.45, 2.75) is 12.8 Å². The molecule has 1 aromatic carbocycles. The largest absolute Gasteiger partial charge is 0.454 e. The summed E-state index contributed by atoms with van der Waals surface area (Å²) in [6, 6.07) is 5.78. The van der Waals surface area contributed by atoms with Crippen molar-refractivity contribution in [2.24, 2.45) is 11.8 Å². The standard InChI is InChI=1S/C19H21N3O3S.2ClH/c23-19(22-5-3-13-8-20-9-14(13)4-6-22)15-10-26-18(21-15)12-1-2-16-17(7-12)25-11-24-16;;/h1-2,7,10,13-14,20H,3-6,8-9,11H2;2*1H/t13-,14+;;. The van der Waals surface area contributed by atoms with E-state index in [0.29, 0.717) is 17.5 Å². The van der Waals surface area contributed by atoms with E-state index >= 15 is 0 Å². The van der Waals surface area contributed by atoms with Gasteiger partial charge in [-0.25, -0.2) is 4.98 Å². The molecule has 0 saturated carbocycles. The molecule has 1 aromatic heterocycles. The summed E-state index contributed by atoms with van der Waals surface area (Å²) in [6.07, 6.45) is 2.17. The molecular formula is C19H23Cl2N3O3S. The molecule has 2 aromatic rings. The highest BCUT2D eigenvalue weighted by atomic mass is 35.5. The van der Waals surface area contributed by atoms with Crippen LogP contribution in [0.3, 0.4) is 0 Å². The number of halogens is 2. The Morgan fingerprint density at radius 2 is 1.82 bits per heavy atom. The van der Waals surface area contributed by atoms with Gasteiger partial charge in [0.25, 0.3) is 5.91 Å². The van der Waals surface area contributed by atoms with Crippen LogP contribution in [0.2, 0.25) is 0 Å². The van der Waals surface area contributed by atoms with E-state index in [9.17, 15) is 4.79 Å². The maximum absolute atomic E-state index is 12.9. The van der Waals surface area contributed by atoms with Gasteiger partial charge in [0.05, 0.1) is 0 Å². The molecule has 1 N–H and O–H groups in total. The van der Waals surface area contributed by atoms with Crippen LogP contribution >= 0.6 is 36.2 Å². The van der Waals surface area contributed by atoms with E-state index in [-0.39, 0.29) is 37.5 Å². The predicted octanol–water partition coefficient (Wildman–Crippen LogP) is 3.45. The number of aromatic nitrogens is 1. The monoisotopic (exact) mass is 443 g/mol. The van der Waals surface area contributed by atoms with E-state index in [1.165, 1.54) is 11.3 Å². The van der Waals surface area contributed by atoms with Crippen molar-refractivity contribution in [2.75, 3.05) is 33.0 Å². The Balaban J connectivity index is 0.00000112. The molecule has 0 unspecified atom stereocenters. The van der Waals surface area contributed by atoms with Crippen LogP contribution in [-0.2, 0) is 0 Å². The molecule has 28 heavy (non-hydrogen) atoms. The quantitative estimate of drug-likeness (QED) is 0.769. The van der Waals surface area contributed by atoms with Crippen LogP contribution in [0.5, 0.6) is 11.5 Å². The van der Waals surface area contributed by atoms with Crippen LogP contribution in [-0.4, -0.2) is 48.8 Å². The first kappa shape index (κ1) is 21.2. The van der Waals surface area contributed by atoms with Crippen LogP contribution in [0.1, 0.15) is 23.3 Å². The van der Waals surface area contributed by atoms with Crippen molar-refractivity contribution in [1.82, 2.24) is 15.2 Å². The molecule has 1 amide bonds. The number of ether oxygens (including phenoxy) is 2.